The molecule has 4 heteroatoms. The van der Waals surface area contributed by atoms with E-state index in [0.29, 0.717) is 66.1 Å². The second kappa shape index (κ2) is 7.27. The molecule has 6 aliphatic rings. The van der Waals surface area contributed by atoms with Crippen molar-refractivity contribution in [2.24, 2.45) is 58.7 Å². The minimum atomic E-state index is -0.286. The number of ketones is 1. The number of fused-ring (bicyclic) bond motifs is 8. The number of hydrogen-bond donors (Lipinski definition) is 2. The summed E-state index contributed by atoms with van der Waals surface area (Å²) in [5.74, 6) is 5.19. The fraction of sp³-hybridized carbons (Fsp3) is 0.963. The first kappa shape index (κ1) is 21.1. The Bertz CT molecular complexity index is 740. The summed E-state index contributed by atoms with van der Waals surface area (Å²) in [5, 5.41) is 21.7. The third kappa shape index (κ3) is 2.99. The molecule has 0 aromatic heterocycles. The molecule has 0 spiro atoms. The van der Waals surface area contributed by atoms with E-state index < -0.39 is 0 Å². The molecular weight excluding hydrogens is 386 g/mol. The van der Waals surface area contributed by atoms with Gasteiger partial charge in [0.05, 0.1) is 12.2 Å². The number of nitrogens with zero attached hydrogens (tertiary/aromatic N) is 1. The number of rotatable bonds is 0. The van der Waals surface area contributed by atoms with E-state index in [-0.39, 0.29) is 23.5 Å². The van der Waals surface area contributed by atoms with Crippen LogP contribution in [0.4, 0.5) is 0 Å². The molecule has 0 amide bonds. The summed E-state index contributed by atoms with van der Waals surface area (Å²) in [7, 11) is 0. The summed E-state index contributed by atoms with van der Waals surface area (Å²) < 4.78 is 0. The highest BCUT2D eigenvalue weighted by atomic mass is 16.3. The lowest BCUT2D eigenvalue weighted by Crippen LogP contribution is -2.61. The Balaban J connectivity index is 1.31. The van der Waals surface area contributed by atoms with Gasteiger partial charge < -0.3 is 10.2 Å². The molecule has 0 aromatic rings. The minimum absolute atomic E-state index is 0.0657. The molecule has 2 heterocycles. The van der Waals surface area contributed by atoms with E-state index in [2.05, 4.69) is 25.7 Å². The molecule has 174 valence electrons. The average Bonchev–Trinajstić information content (AvgIpc) is 3.08. The Kier molecular flexibility index (Phi) is 4.95. The Morgan fingerprint density at radius 1 is 0.935 bits per heavy atom. The van der Waals surface area contributed by atoms with E-state index in [4.69, 9.17) is 0 Å². The average molecular weight is 430 g/mol. The van der Waals surface area contributed by atoms with Crippen LogP contribution >= 0.6 is 0 Å². The molecule has 2 saturated heterocycles. The molecule has 13 atom stereocenters. The fourth-order valence-electron chi connectivity index (χ4n) is 10.4. The highest BCUT2D eigenvalue weighted by molar-refractivity contribution is 5.83. The minimum Gasteiger partial charge on any atom is -0.393 e. The zero-order valence-electron chi connectivity index (χ0n) is 19.7. The quantitative estimate of drug-likeness (QED) is 0.616. The first-order chi connectivity index (χ1) is 14.8. The maximum atomic E-state index is 13.3. The molecule has 6 rings (SSSR count). The van der Waals surface area contributed by atoms with Crippen LogP contribution in [-0.4, -0.2) is 52.2 Å². The van der Waals surface area contributed by atoms with E-state index in [1.54, 1.807) is 0 Å². The third-order valence-corrected chi connectivity index (χ3v) is 11.8. The van der Waals surface area contributed by atoms with E-state index >= 15 is 0 Å². The molecule has 0 radical (unpaired) electrons. The predicted molar refractivity (Wildman–Crippen MR) is 120 cm³/mol. The molecule has 0 bridgehead atoms. The molecule has 2 aliphatic heterocycles. The Labute approximate surface area is 188 Å². The van der Waals surface area contributed by atoms with Gasteiger partial charge in [0.25, 0.3) is 0 Å². The van der Waals surface area contributed by atoms with Gasteiger partial charge in [0.15, 0.2) is 0 Å². The van der Waals surface area contributed by atoms with Crippen molar-refractivity contribution in [2.75, 3.05) is 13.1 Å². The van der Waals surface area contributed by atoms with Gasteiger partial charge in [-0.1, -0.05) is 20.8 Å². The van der Waals surface area contributed by atoms with Crippen LogP contribution in [0.3, 0.4) is 0 Å². The number of aliphatic hydroxyl groups is 2. The van der Waals surface area contributed by atoms with Gasteiger partial charge in [-0.2, -0.15) is 0 Å². The zero-order valence-corrected chi connectivity index (χ0v) is 19.7. The van der Waals surface area contributed by atoms with Crippen LogP contribution < -0.4 is 0 Å². The van der Waals surface area contributed by atoms with Gasteiger partial charge in [-0.15, -0.1) is 0 Å². The summed E-state index contributed by atoms with van der Waals surface area (Å²) in [6.07, 6.45) is 7.62. The number of Topliss-reactive ketones (excluding diaryl/α,β-unsaturated/α-hetero) is 1. The summed E-state index contributed by atoms with van der Waals surface area (Å²) in [6.45, 7) is 9.62. The Morgan fingerprint density at radius 3 is 2.52 bits per heavy atom. The van der Waals surface area contributed by atoms with Gasteiger partial charge in [-0.3, -0.25) is 9.69 Å². The Morgan fingerprint density at radius 2 is 1.71 bits per heavy atom. The van der Waals surface area contributed by atoms with Crippen LogP contribution in [0.25, 0.3) is 0 Å². The van der Waals surface area contributed by atoms with Gasteiger partial charge in [0.2, 0.25) is 0 Å². The topological polar surface area (TPSA) is 60.8 Å². The molecule has 0 unspecified atom stereocenters. The van der Waals surface area contributed by atoms with Crippen molar-refractivity contribution < 1.29 is 15.0 Å². The molecule has 4 nitrogen and oxygen atoms in total. The number of carbonyl (C=O) groups is 1. The molecule has 6 fully saturated rings. The monoisotopic (exact) mass is 429 g/mol. The van der Waals surface area contributed by atoms with Crippen LogP contribution in [0.5, 0.6) is 0 Å². The summed E-state index contributed by atoms with van der Waals surface area (Å²) in [4.78, 5) is 16.1. The van der Waals surface area contributed by atoms with Crippen molar-refractivity contribution in [1.29, 1.82) is 0 Å². The lowest BCUT2D eigenvalue weighted by atomic mass is 9.51. The van der Waals surface area contributed by atoms with Crippen molar-refractivity contribution in [3.63, 3.8) is 0 Å². The van der Waals surface area contributed by atoms with E-state index in [0.717, 1.165) is 25.2 Å². The smallest absolute Gasteiger partial charge is 0.136 e. The van der Waals surface area contributed by atoms with Gasteiger partial charge in [-0.25, -0.2) is 0 Å². The maximum absolute atomic E-state index is 13.3. The number of aliphatic hydroxyl groups excluding tert-OH is 2. The van der Waals surface area contributed by atoms with E-state index in [1.165, 1.54) is 32.4 Å². The van der Waals surface area contributed by atoms with Gasteiger partial charge >= 0.3 is 0 Å². The first-order valence-electron chi connectivity index (χ1n) is 13.4. The van der Waals surface area contributed by atoms with Crippen LogP contribution in [0.2, 0.25) is 0 Å². The van der Waals surface area contributed by atoms with Crippen LogP contribution in [-0.2, 0) is 4.79 Å². The number of carbonyl (C=O) groups excluding carboxylic acids is 1. The highest BCUT2D eigenvalue weighted by Gasteiger charge is 2.64. The normalized spacial score (nSPS) is 59.2. The molecule has 31 heavy (non-hydrogen) atoms. The number of hydrogen-bond acceptors (Lipinski definition) is 4. The van der Waals surface area contributed by atoms with Gasteiger partial charge in [0, 0.05) is 31.5 Å². The van der Waals surface area contributed by atoms with Crippen molar-refractivity contribution >= 4 is 5.78 Å². The lowest BCUT2D eigenvalue weighted by molar-refractivity contribution is -0.147. The first-order valence-corrected chi connectivity index (χ1v) is 13.4. The third-order valence-electron chi connectivity index (χ3n) is 11.8. The van der Waals surface area contributed by atoms with Gasteiger partial charge in [-0.05, 0) is 97.7 Å². The van der Waals surface area contributed by atoms with E-state index in [1.807, 2.05) is 0 Å². The Hall–Kier alpha value is -0.450. The molecule has 4 aliphatic carbocycles. The summed E-state index contributed by atoms with van der Waals surface area (Å²) >= 11 is 0. The van der Waals surface area contributed by atoms with Crippen LogP contribution in [0.1, 0.15) is 72.1 Å². The number of piperidine rings is 2. The van der Waals surface area contributed by atoms with Crippen molar-refractivity contribution in [1.82, 2.24) is 4.90 Å². The molecular formula is C27H43NO3. The fourth-order valence-corrected chi connectivity index (χ4v) is 10.4. The second-order valence-electron chi connectivity index (χ2n) is 13.1. The zero-order chi connectivity index (χ0) is 21.7. The standard InChI is InChI=1S/C27H43NO3/c1-14-4-5-23-15(2)26-20(13-28(23)12-14)17-9-21-19(18(17)10-25(26)31)11-24(30)22-8-16(29)6-7-27(21,22)3/h14-23,25-26,29,31H,4-13H2,1-3H3/t14-,15-,16-,17+,18+,19-,20-,21-,22+,23-,25-,26+,27+/m0/s1. The SMILES string of the molecule is C[C@H]1CC[C@H]2[C@H](C)[C@@H]3[C@@H](CN2C1)[C@@H]1C[C@H]2[C@@H](CC(=O)[C@H]4C[C@@H](O)CC[C@@]42C)[C@@H]1C[C@@H]3O. The largest absolute Gasteiger partial charge is 0.393 e. The van der Waals surface area contributed by atoms with Crippen molar-refractivity contribution in [3.8, 4) is 0 Å². The second-order valence-corrected chi connectivity index (χ2v) is 13.1. The van der Waals surface area contributed by atoms with Crippen molar-refractivity contribution in [2.45, 2.75) is 90.4 Å². The summed E-state index contributed by atoms with van der Waals surface area (Å²) in [5.41, 5.74) is 0.0689. The van der Waals surface area contributed by atoms with Gasteiger partial charge in [0.1, 0.15) is 5.78 Å². The lowest BCUT2D eigenvalue weighted by Gasteiger charge is -2.57. The van der Waals surface area contributed by atoms with E-state index in [9.17, 15) is 15.0 Å². The predicted octanol–water partition coefficient (Wildman–Crippen LogP) is 3.74. The summed E-state index contributed by atoms with van der Waals surface area (Å²) in [6, 6.07) is 0.663. The molecule has 0 aromatic carbocycles. The molecule has 4 saturated carbocycles. The van der Waals surface area contributed by atoms with Crippen molar-refractivity contribution in [3.05, 3.63) is 0 Å². The highest BCUT2D eigenvalue weighted by Crippen LogP contribution is 2.66. The maximum Gasteiger partial charge on any atom is 0.136 e. The van der Waals surface area contributed by atoms with Crippen LogP contribution in [0.15, 0.2) is 0 Å². The van der Waals surface area contributed by atoms with Crippen LogP contribution in [0, 0.1) is 58.7 Å². The molecule has 2 N–H and O–H groups in total.